The minimum absolute atomic E-state index is 0.0274. The third-order valence-corrected chi connectivity index (χ3v) is 4.40. The predicted octanol–water partition coefficient (Wildman–Crippen LogP) is -1.12. The smallest absolute Gasteiger partial charge is 0.166 e. The Morgan fingerprint density at radius 3 is 2.73 bits per heavy atom. The first-order valence-corrected chi connectivity index (χ1v) is 7.09. The summed E-state index contributed by atoms with van der Waals surface area (Å²) in [4.78, 5) is 0. The Morgan fingerprint density at radius 1 is 1.47 bits per heavy atom. The van der Waals surface area contributed by atoms with Gasteiger partial charge in [0.15, 0.2) is 14.9 Å². The number of sulfone groups is 1. The maximum Gasteiger partial charge on any atom is 0.166 e. The molecule has 0 spiro atoms. The van der Waals surface area contributed by atoms with Crippen LogP contribution < -0.4 is 10.6 Å². The second-order valence-electron chi connectivity index (χ2n) is 3.63. The molecule has 0 aliphatic carbocycles. The third kappa shape index (κ3) is 4.76. The van der Waals surface area contributed by atoms with E-state index in [2.05, 4.69) is 10.6 Å². The van der Waals surface area contributed by atoms with Gasteiger partial charge in [0.05, 0.1) is 18.1 Å². The zero-order chi connectivity index (χ0) is 11.3. The van der Waals surface area contributed by atoms with Crippen LogP contribution in [0.1, 0.15) is 6.42 Å². The van der Waals surface area contributed by atoms with E-state index in [-0.39, 0.29) is 24.0 Å². The Balaban J connectivity index is 2.18. The Kier molecular flexibility index (Phi) is 4.75. The van der Waals surface area contributed by atoms with Crippen LogP contribution in [-0.4, -0.2) is 49.8 Å². The number of rotatable bonds is 4. The molecule has 3 N–H and O–H groups in total. The van der Waals surface area contributed by atoms with E-state index in [0.717, 1.165) is 0 Å². The molecule has 0 aromatic rings. The lowest BCUT2D eigenvalue weighted by Crippen LogP contribution is -2.39. The van der Waals surface area contributed by atoms with Crippen molar-refractivity contribution in [1.29, 1.82) is 0 Å². The van der Waals surface area contributed by atoms with Gasteiger partial charge in [0.1, 0.15) is 0 Å². The lowest BCUT2D eigenvalue weighted by molar-refractivity contribution is 0.300. The van der Waals surface area contributed by atoms with Crippen molar-refractivity contribution in [3.63, 3.8) is 0 Å². The zero-order valence-electron chi connectivity index (χ0n) is 8.40. The van der Waals surface area contributed by atoms with E-state index in [0.29, 0.717) is 24.6 Å². The molecule has 0 saturated carbocycles. The summed E-state index contributed by atoms with van der Waals surface area (Å²) in [5, 5.41) is 14.7. The minimum atomic E-state index is -2.80. The summed E-state index contributed by atoms with van der Waals surface area (Å²) < 4.78 is 22.3. The highest BCUT2D eigenvalue weighted by Crippen LogP contribution is 2.17. The van der Waals surface area contributed by atoms with Gasteiger partial charge in [-0.05, 0) is 24.6 Å². The first kappa shape index (κ1) is 12.7. The van der Waals surface area contributed by atoms with Crippen LogP contribution in [0.3, 0.4) is 0 Å². The molecule has 15 heavy (non-hydrogen) atoms. The van der Waals surface area contributed by atoms with E-state index < -0.39 is 9.84 Å². The normalized spacial score (nSPS) is 23.7. The van der Waals surface area contributed by atoms with Gasteiger partial charge in [0, 0.05) is 13.1 Å². The predicted molar refractivity (Wildman–Crippen MR) is 62.5 cm³/mol. The van der Waals surface area contributed by atoms with Crippen LogP contribution in [0.25, 0.3) is 0 Å². The largest absolute Gasteiger partial charge is 0.395 e. The molecule has 0 amide bonds. The maximum atomic E-state index is 11.1. The average Bonchev–Trinajstić information content (AvgIpc) is 2.52. The van der Waals surface area contributed by atoms with Crippen molar-refractivity contribution in [2.75, 3.05) is 31.2 Å². The van der Waals surface area contributed by atoms with E-state index >= 15 is 0 Å². The standard InChI is InChI=1S/C8H16N2O3S2/c11-3-2-9-8(14)10-5-7-1-4-15(12,13)6-7/h7,11H,1-6H2,(H2,9,10,14)/t7-/m1/s1. The lowest BCUT2D eigenvalue weighted by atomic mass is 10.1. The van der Waals surface area contributed by atoms with E-state index in [1.165, 1.54) is 0 Å². The Hall–Kier alpha value is -0.400. The van der Waals surface area contributed by atoms with Crippen molar-refractivity contribution in [3.8, 4) is 0 Å². The SMILES string of the molecule is O=S1(=O)CC[C@H](CNC(=S)NCCO)C1. The molecule has 88 valence electrons. The molecule has 1 rings (SSSR count). The summed E-state index contributed by atoms with van der Waals surface area (Å²) in [5.41, 5.74) is 0. The fraction of sp³-hybridized carbons (Fsp3) is 0.875. The zero-order valence-corrected chi connectivity index (χ0v) is 10.0. The molecular formula is C8H16N2O3S2. The highest BCUT2D eigenvalue weighted by atomic mass is 32.2. The molecule has 5 nitrogen and oxygen atoms in total. The van der Waals surface area contributed by atoms with Gasteiger partial charge in [-0.15, -0.1) is 0 Å². The highest BCUT2D eigenvalue weighted by molar-refractivity contribution is 7.91. The summed E-state index contributed by atoms with van der Waals surface area (Å²) in [6.45, 7) is 1.02. The third-order valence-electron chi connectivity index (χ3n) is 2.28. The van der Waals surface area contributed by atoms with E-state index in [9.17, 15) is 8.42 Å². The van der Waals surface area contributed by atoms with Gasteiger partial charge in [0.2, 0.25) is 0 Å². The van der Waals surface area contributed by atoms with Crippen LogP contribution in [0.5, 0.6) is 0 Å². The van der Waals surface area contributed by atoms with Crippen LogP contribution >= 0.6 is 12.2 Å². The molecule has 1 atom stereocenters. The van der Waals surface area contributed by atoms with Gasteiger partial charge in [-0.2, -0.15) is 0 Å². The number of nitrogens with one attached hydrogen (secondary N) is 2. The Labute approximate surface area is 95.2 Å². The van der Waals surface area contributed by atoms with Crippen molar-refractivity contribution in [3.05, 3.63) is 0 Å². The number of hydrogen-bond acceptors (Lipinski definition) is 4. The molecule has 1 fully saturated rings. The van der Waals surface area contributed by atoms with Crippen LogP contribution in [0.15, 0.2) is 0 Å². The molecule has 0 radical (unpaired) electrons. The summed E-state index contributed by atoms with van der Waals surface area (Å²) >= 11 is 4.93. The van der Waals surface area contributed by atoms with Crippen LogP contribution in [0.4, 0.5) is 0 Å². The molecule has 1 aliphatic rings. The van der Waals surface area contributed by atoms with E-state index in [1.807, 2.05) is 0 Å². The Morgan fingerprint density at radius 2 is 2.20 bits per heavy atom. The minimum Gasteiger partial charge on any atom is -0.395 e. The molecule has 0 unspecified atom stereocenters. The van der Waals surface area contributed by atoms with Crippen molar-refractivity contribution >= 4 is 27.2 Å². The second kappa shape index (κ2) is 5.62. The number of aliphatic hydroxyl groups excluding tert-OH is 1. The number of aliphatic hydroxyl groups is 1. The van der Waals surface area contributed by atoms with Crippen molar-refractivity contribution in [2.24, 2.45) is 5.92 Å². The average molecular weight is 252 g/mol. The van der Waals surface area contributed by atoms with Crippen LogP contribution in [0, 0.1) is 5.92 Å². The summed E-state index contributed by atoms with van der Waals surface area (Å²) in [6, 6.07) is 0. The quantitative estimate of drug-likeness (QED) is 0.550. The molecule has 1 aliphatic heterocycles. The molecule has 0 bridgehead atoms. The van der Waals surface area contributed by atoms with E-state index in [1.54, 1.807) is 0 Å². The fourth-order valence-corrected chi connectivity index (χ4v) is 3.55. The number of hydrogen-bond donors (Lipinski definition) is 3. The summed E-state index contributed by atoms with van der Waals surface area (Å²) in [6.07, 6.45) is 0.706. The van der Waals surface area contributed by atoms with Gasteiger partial charge in [-0.3, -0.25) is 0 Å². The Bertz CT molecular complexity index is 316. The van der Waals surface area contributed by atoms with Crippen molar-refractivity contribution < 1.29 is 13.5 Å². The topological polar surface area (TPSA) is 78.4 Å². The van der Waals surface area contributed by atoms with Gasteiger partial charge < -0.3 is 15.7 Å². The molecule has 0 aromatic heterocycles. The maximum absolute atomic E-state index is 11.1. The fourth-order valence-electron chi connectivity index (χ4n) is 1.50. The molecule has 0 aromatic carbocycles. The van der Waals surface area contributed by atoms with Gasteiger partial charge >= 0.3 is 0 Å². The van der Waals surface area contributed by atoms with Crippen LogP contribution in [-0.2, 0) is 9.84 Å². The van der Waals surface area contributed by atoms with Gasteiger partial charge in [-0.25, -0.2) is 8.42 Å². The van der Waals surface area contributed by atoms with E-state index in [4.69, 9.17) is 17.3 Å². The summed E-state index contributed by atoms with van der Waals surface area (Å²) in [7, 11) is -2.80. The molecule has 7 heteroatoms. The first-order valence-electron chi connectivity index (χ1n) is 4.86. The van der Waals surface area contributed by atoms with Gasteiger partial charge in [-0.1, -0.05) is 0 Å². The summed E-state index contributed by atoms with van der Waals surface area (Å²) in [5.74, 6) is 0.697. The van der Waals surface area contributed by atoms with Gasteiger partial charge in [0.25, 0.3) is 0 Å². The van der Waals surface area contributed by atoms with Crippen molar-refractivity contribution in [1.82, 2.24) is 10.6 Å². The molecule has 1 heterocycles. The van der Waals surface area contributed by atoms with Crippen molar-refractivity contribution in [2.45, 2.75) is 6.42 Å². The first-order chi connectivity index (χ1) is 7.03. The highest BCUT2D eigenvalue weighted by Gasteiger charge is 2.27. The lowest BCUT2D eigenvalue weighted by Gasteiger charge is -2.12. The number of thiocarbonyl (C=S) groups is 1. The monoisotopic (exact) mass is 252 g/mol. The molecular weight excluding hydrogens is 236 g/mol. The van der Waals surface area contributed by atoms with Crippen LogP contribution in [0.2, 0.25) is 0 Å². The second-order valence-corrected chi connectivity index (χ2v) is 6.27. The molecule has 1 saturated heterocycles.